The third-order valence-electron chi connectivity index (χ3n) is 4.89. The molecule has 2 aromatic carbocycles. The van der Waals surface area contributed by atoms with Crippen molar-refractivity contribution in [3.05, 3.63) is 69.8 Å². The van der Waals surface area contributed by atoms with Crippen molar-refractivity contribution in [2.45, 2.75) is 52.4 Å². The smallest absolute Gasteiger partial charge is 0.258 e. The molecule has 0 saturated heterocycles. The number of hydrogen-bond donors (Lipinski definition) is 2. The molecule has 0 saturated carbocycles. The van der Waals surface area contributed by atoms with Crippen LogP contribution in [0.15, 0.2) is 47.3 Å². The molecule has 3 rings (SSSR count). The van der Waals surface area contributed by atoms with Gasteiger partial charge in [0.15, 0.2) is 0 Å². The van der Waals surface area contributed by atoms with Gasteiger partial charge in [-0.05, 0) is 35.1 Å². The van der Waals surface area contributed by atoms with Gasteiger partial charge in [-0.2, -0.15) is 0 Å². The lowest BCUT2D eigenvalue weighted by molar-refractivity contribution is -0.116. The van der Waals surface area contributed by atoms with Crippen LogP contribution >= 0.6 is 0 Å². The first kappa shape index (κ1) is 19.8. The zero-order chi connectivity index (χ0) is 20.3. The highest BCUT2D eigenvalue weighted by molar-refractivity contribution is 5.92. The van der Waals surface area contributed by atoms with E-state index in [1.54, 1.807) is 6.07 Å². The number of aromatic amines is 1. The molecule has 5 heteroatoms. The molecule has 0 fully saturated rings. The molecule has 28 heavy (non-hydrogen) atoms. The SMILES string of the molecule is CC(C)c1cccc(C(C)C)c1NC(=O)CCc1nc2ccccc2c(=O)[nH]1. The predicted molar refractivity (Wildman–Crippen MR) is 114 cm³/mol. The molecule has 0 unspecified atom stereocenters. The Hall–Kier alpha value is -2.95. The average Bonchev–Trinajstić information content (AvgIpc) is 2.66. The van der Waals surface area contributed by atoms with E-state index in [2.05, 4.69) is 55.1 Å². The topological polar surface area (TPSA) is 74.8 Å². The number of hydrogen-bond acceptors (Lipinski definition) is 3. The molecule has 3 aromatic rings. The summed E-state index contributed by atoms with van der Waals surface area (Å²) in [6, 6.07) is 13.4. The van der Waals surface area contributed by atoms with E-state index in [1.165, 1.54) is 0 Å². The second kappa shape index (κ2) is 8.38. The molecule has 1 aromatic heterocycles. The van der Waals surface area contributed by atoms with E-state index >= 15 is 0 Å². The minimum atomic E-state index is -0.173. The van der Waals surface area contributed by atoms with Crippen molar-refractivity contribution in [2.24, 2.45) is 0 Å². The largest absolute Gasteiger partial charge is 0.326 e. The number of H-pyrrole nitrogens is 1. The van der Waals surface area contributed by atoms with Gasteiger partial charge in [-0.25, -0.2) is 4.98 Å². The summed E-state index contributed by atoms with van der Waals surface area (Å²) < 4.78 is 0. The summed E-state index contributed by atoms with van der Waals surface area (Å²) in [4.78, 5) is 32.1. The Kier molecular flexibility index (Phi) is 5.93. The minimum Gasteiger partial charge on any atom is -0.326 e. The first-order valence-electron chi connectivity index (χ1n) is 9.77. The lowest BCUT2D eigenvalue weighted by atomic mass is 9.92. The molecule has 0 aliphatic rings. The van der Waals surface area contributed by atoms with Gasteiger partial charge in [0.05, 0.1) is 10.9 Å². The molecular weight excluding hydrogens is 350 g/mol. The predicted octanol–water partition coefficient (Wildman–Crippen LogP) is 4.74. The van der Waals surface area contributed by atoms with Crippen LogP contribution in [-0.4, -0.2) is 15.9 Å². The Morgan fingerprint density at radius 2 is 1.64 bits per heavy atom. The monoisotopic (exact) mass is 377 g/mol. The number of amides is 1. The fourth-order valence-electron chi connectivity index (χ4n) is 3.38. The Morgan fingerprint density at radius 3 is 2.29 bits per heavy atom. The van der Waals surface area contributed by atoms with Crippen molar-refractivity contribution in [3.8, 4) is 0 Å². The summed E-state index contributed by atoms with van der Waals surface area (Å²) in [5.74, 6) is 1.07. The number of nitrogens with one attached hydrogen (secondary N) is 2. The Balaban J connectivity index is 1.78. The van der Waals surface area contributed by atoms with Gasteiger partial charge in [-0.1, -0.05) is 58.0 Å². The molecule has 1 amide bonds. The van der Waals surface area contributed by atoms with Crippen molar-refractivity contribution in [3.63, 3.8) is 0 Å². The fraction of sp³-hybridized carbons (Fsp3) is 0.348. The van der Waals surface area contributed by atoms with Crippen molar-refractivity contribution < 1.29 is 4.79 Å². The van der Waals surface area contributed by atoms with Crippen LogP contribution in [0, 0.1) is 0 Å². The maximum Gasteiger partial charge on any atom is 0.258 e. The van der Waals surface area contributed by atoms with Crippen LogP contribution in [0.1, 0.15) is 62.9 Å². The van der Waals surface area contributed by atoms with Crippen LogP contribution in [0.5, 0.6) is 0 Å². The number of carbonyl (C=O) groups excluding carboxylic acids is 1. The second-order valence-electron chi connectivity index (χ2n) is 7.70. The van der Waals surface area contributed by atoms with E-state index in [-0.39, 0.29) is 17.9 Å². The molecular formula is C23H27N3O2. The zero-order valence-corrected chi connectivity index (χ0v) is 16.9. The van der Waals surface area contributed by atoms with Crippen molar-refractivity contribution in [2.75, 3.05) is 5.32 Å². The van der Waals surface area contributed by atoms with E-state index in [9.17, 15) is 9.59 Å². The quantitative estimate of drug-likeness (QED) is 0.651. The number of rotatable bonds is 6. The van der Waals surface area contributed by atoms with E-state index in [1.807, 2.05) is 24.3 Å². The molecule has 0 bridgehead atoms. The first-order chi connectivity index (χ1) is 13.4. The number of carbonyl (C=O) groups is 1. The normalized spacial score (nSPS) is 11.4. The van der Waals surface area contributed by atoms with Crippen molar-refractivity contribution in [1.82, 2.24) is 9.97 Å². The van der Waals surface area contributed by atoms with Crippen molar-refractivity contribution >= 4 is 22.5 Å². The number of fused-ring (bicyclic) bond motifs is 1. The number of anilines is 1. The molecule has 0 aliphatic carbocycles. The lowest BCUT2D eigenvalue weighted by Crippen LogP contribution is -2.18. The highest BCUT2D eigenvalue weighted by Crippen LogP contribution is 2.32. The molecule has 1 heterocycles. The fourth-order valence-corrected chi connectivity index (χ4v) is 3.38. The molecule has 0 aliphatic heterocycles. The third-order valence-corrected chi connectivity index (χ3v) is 4.89. The summed E-state index contributed by atoms with van der Waals surface area (Å²) in [6.07, 6.45) is 0.637. The van der Waals surface area contributed by atoms with E-state index in [0.29, 0.717) is 35.0 Å². The Bertz CT molecular complexity index is 1020. The third kappa shape index (κ3) is 4.30. The van der Waals surface area contributed by atoms with Gasteiger partial charge in [0.25, 0.3) is 5.56 Å². The van der Waals surface area contributed by atoms with Gasteiger partial charge in [-0.3, -0.25) is 9.59 Å². The minimum absolute atomic E-state index is 0.0780. The van der Waals surface area contributed by atoms with Crippen LogP contribution in [0.25, 0.3) is 10.9 Å². The van der Waals surface area contributed by atoms with E-state index in [4.69, 9.17) is 0 Å². The summed E-state index contributed by atoms with van der Waals surface area (Å²) in [5.41, 5.74) is 3.66. The molecule has 5 nitrogen and oxygen atoms in total. The highest BCUT2D eigenvalue weighted by atomic mass is 16.1. The molecule has 146 valence electrons. The van der Waals surface area contributed by atoms with Gasteiger partial charge in [0, 0.05) is 18.5 Å². The number of para-hydroxylation sites is 2. The summed E-state index contributed by atoms with van der Waals surface area (Å²) in [6.45, 7) is 8.50. The number of aryl methyl sites for hydroxylation is 1. The first-order valence-corrected chi connectivity index (χ1v) is 9.77. The van der Waals surface area contributed by atoms with E-state index in [0.717, 1.165) is 16.8 Å². The number of aromatic nitrogens is 2. The summed E-state index contributed by atoms with van der Waals surface area (Å²) in [7, 11) is 0. The maximum absolute atomic E-state index is 12.7. The number of nitrogens with zero attached hydrogens (tertiary/aromatic N) is 1. The van der Waals surface area contributed by atoms with E-state index < -0.39 is 0 Å². The number of benzene rings is 2. The average molecular weight is 377 g/mol. The zero-order valence-electron chi connectivity index (χ0n) is 16.9. The van der Waals surface area contributed by atoms with Crippen molar-refractivity contribution in [1.29, 1.82) is 0 Å². The molecule has 0 radical (unpaired) electrons. The molecule has 2 N–H and O–H groups in total. The van der Waals surface area contributed by atoms with Gasteiger partial charge < -0.3 is 10.3 Å². The molecule has 0 spiro atoms. The highest BCUT2D eigenvalue weighted by Gasteiger charge is 2.16. The lowest BCUT2D eigenvalue weighted by Gasteiger charge is -2.20. The van der Waals surface area contributed by atoms with Crippen LogP contribution in [0.3, 0.4) is 0 Å². The second-order valence-corrected chi connectivity index (χ2v) is 7.70. The van der Waals surface area contributed by atoms with Crippen LogP contribution in [0.4, 0.5) is 5.69 Å². The van der Waals surface area contributed by atoms with Gasteiger partial charge in [0.1, 0.15) is 5.82 Å². The van der Waals surface area contributed by atoms with Gasteiger partial charge >= 0.3 is 0 Å². The van der Waals surface area contributed by atoms with Crippen LogP contribution in [0.2, 0.25) is 0 Å². The summed E-state index contributed by atoms with van der Waals surface area (Å²) >= 11 is 0. The molecule has 0 atom stereocenters. The van der Waals surface area contributed by atoms with Gasteiger partial charge in [-0.15, -0.1) is 0 Å². The Morgan fingerprint density at radius 1 is 1.00 bits per heavy atom. The summed E-state index contributed by atoms with van der Waals surface area (Å²) in [5, 5.41) is 3.66. The maximum atomic E-state index is 12.7. The Labute approximate surface area is 165 Å². The van der Waals surface area contributed by atoms with Crippen LogP contribution in [-0.2, 0) is 11.2 Å². The standard InChI is InChI=1S/C23H27N3O2/c1-14(2)16-9-7-10-17(15(3)4)22(16)26-21(27)13-12-20-24-19-11-6-5-8-18(19)23(28)25-20/h5-11,14-15H,12-13H2,1-4H3,(H,26,27)(H,24,25,28). The van der Waals surface area contributed by atoms with Gasteiger partial charge in [0.2, 0.25) is 5.91 Å². The van der Waals surface area contributed by atoms with Crippen LogP contribution < -0.4 is 10.9 Å².